The van der Waals surface area contributed by atoms with Gasteiger partial charge in [-0.05, 0) is 0 Å². The van der Waals surface area contributed by atoms with Crippen molar-refractivity contribution in [2.24, 2.45) is 0 Å². The molecule has 3 saturated heterocycles. The van der Waals surface area contributed by atoms with E-state index in [0.29, 0.717) is 0 Å². The zero-order valence-electron chi connectivity index (χ0n) is 13.1. The maximum atomic E-state index is 14.8. The third kappa shape index (κ3) is 1.52. The van der Waals surface area contributed by atoms with Gasteiger partial charge in [-0.25, -0.2) is 13.2 Å². The van der Waals surface area contributed by atoms with E-state index in [4.69, 9.17) is 0 Å². The van der Waals surface area contributed by atoms with Crippen LogP contribution in [0.5, 0.6) is 0 Å². The molecule has 0 aromatic carbocycles. The van der Waals surface area contributed by atoms with E-state index in [9.17, 15) is 83.4 Å². The van der Waals surface area contributed by atoms with Gasteiger partial charge in [-0.2, -0.15) is 70.2 Å². The highest BCUT2D eigenvalue weighted by atomic mass is 19.4. The van der Waals surface area contributed by atoms with Gasteiger partial charge in [0, 0.05) is 0 Å². The van der Waals surface area contributed by atoms with Gasteiger partial charge in [-0.3, -0.25) is 0 Å². The minimum absolute atomic E-state index is 4.43. The van der Waals surface area contributed by atoms with E-state index in [1.54, 1.807) is 0 Å². The fourth-order valence-electron chi connectivity index (χ4n) is 3.87. The van der Waals surface area contributed by atoms with Crippen molar-refractivity contribution in [3.63, 3.8) is 0 Å². The molecule has 0 radical (unpaired) electrons. The number of rotatable bonds is 0. The van der Waals surface area contributed by atoms with Crippen molar-refractivity contribution in [2.45, 2.75) is 64.8 Å². The standard InChI is InChI=1S/C11F19N/c12-1-2(13)3(14,15)6(20,21)7(22,23)8(24,25)9(2,26)31(10(27,28)4(1,16)17)11(29,30)5(1,18)19. The van der Waals surface area contributed by atoms with E-state index in [1.165, 1.54) is 0 Å². The highest BCUT2D eigenvalue weighted by Gasteiger charge is 3.18. The van der Waals surface area contributed by atoms with Crippen LogP contribution in [0.4, 0.5) is 83.4 Å². The quantitative estimate of drug-likeness (QED) is 0.314. The molecule has 2 bridgehead atoms. The maximum Gasteiger partial charge on any atom is 0.383 e. The lowest BCUT2D eigenvalue weighted by Crippen LogP contribution is -3.06. The number of nitrogens with zero attached hydrogens (tertiary/aromatic N) is 1. The van der Waals surface area contributed by atoms with Gasteiger partial charge < -0.3 is 0 Å². The van der Waals surface area contributed by atoms with Crippen LogP contribution >= 0.6 is 0 Å². The monoisotopic (exact) mass is 507 g/mol. The van der Waals surface area contributed by atoms with Crippen LogP contribution in [0.15, 0.2) is 0 Å². The van der Waals surface area contributed by atoms with Crippen molar-refractivity contribution < 1.29 is 83.4 Å². The Morgan fingerprint density at radius 2 is 0.581 bits per heavy atom. The summed E-state index contributed by atoms with van der Waals surface area (Å²) in [6.45, 7) is 0. The Labute approximate surface area is 154 Å². The SMILES string of the molecule is FC1(F)N2C(F)(F)C(F)(F)C(F)(C1(F)F)C1(F)C(F)(F)C(F)(F)C(F)(F)C(F)(F)C21F. The minimum Gasteiger partial charge on any atom is -0.227 e. The lowest BCUT2D eigenvalue weighted by molar-refractivity contribution is -0.625. The molecule has 4 rings (SSSR count). The molecule has 0 aromatic heterocycles. The van der Waals surface area contributed by atoms with Crippen LogP contribution in [0.3, 0.4) is 0 Å². The van der Waals surface area contributed by atoms with Gasteiger partial charge >= 0.3 is 47.6 Å². The first-order valence-corrected chi connectivity index (χ1v) is 7.01. The Balaban J connectivity index is 2.71. The highest BCUT2D eigenvalue weighted by Crippen LogP contribution is 2.84. The Kier molecular flexibility index (Phi) is 3.74. The second kappa shape index (κ2) is 4.78. The summed E-state index contributed by atoms with van der Waals surface area (Å²) in [4.78, 5) is -4.43. The maximum absolute atomic E-state index is 14.8. The van der Waals surface area contributed by atoms with Crippen molar-refractivity contribution >= 4 is 0 Å². The normalized spacial score (nSPS) is 48.7. The zero-order chi connectivity index (χ0) is 25.1. The van der Waals surface area contributed by atoms with Crippen molar-refractivity contribution in [1.29, 1.82) is 0 Å². The van der Waals surface area contributed by atoms with Crippen LogP contribution in [0.1, 0.15) is 0 Å². The third-order valence-corrected chi connectivity index (χ3v) is 5.45. The van der Waals surface area contributed by atoms with Gasteiger partial charge in [0.25, 0.3) is 17.1 Å². The van der Waals surface area contributed by atoms with Crippen molar-refractivity contribution in [2.75, 3.05) is 0 Å². The Hall–Kier alpha value is -1.37. The predicted molar refractivity (Wildman–Crippen MR) is 52.9 cm³/mol. The second-order valence-corrected chi connectivity index (χ2v) is 6.80. The first kappa shape index (κ1) is 24.3. The fraction of sp³-hybridized carbons (Fsp3) is 1.00. The molecular weight excluding hydrogens is 507 g/mol. The van der Waals surface area contributed by atoms with Gasteiger partial charge in [0.1, 0.15) is 0 Å². The van der Waals surface area contributed by atoms with E-state index in [0.717, 1.165) is 0 Å². The summed E-state index contributed by atoms with van der Waals surface area (Å²) in [6.07, 6.45) is 0. The second-order valence-electron chi connectivity index (χ2n) is 6.80. The largest absolute Gasteiger partial charge is 0.383 e. The van der Waals surface area contributed by atoms with E-state index in [2.05, 4.69) is 0 Å². The Morgan fingerprint density at radius 3 is 0.903 bits per heavy atom. The smallest absolute Gasteiger partial charge is 0.227 e. The molecular formula is C11F19N. The molecule has 0 spiro atoms. The Morgan fingerprint density at radius 1 is 0.290 bits per heavy atom. The molecule has 3 heterocycles. The van der Waals surface area contributed by atoms with Gasteiger partial charge in [0.2, 0.25) is 0 Å². The molecule has 0 N–H and O–H groups in total. The van der Waals surface area contributed by atoms with Gasteiger partial charge in [0.15, 0.2) is 0 Å². The molecule has 31 heavy (non-hydrogen) atoms. The summed E-state index contributed by atoms with van der Waals surface area (Å²) < 4.78 is 263. The van der Waals surface area contributed by atoms with Crippen LogP contribution in [0.2, 0.25) is 0 Å². The Bertz CT molecular complexity index is 816. The molecule has 20 heteroatoms. The van der Waals surface area contributed by atoms with Crippen molar-refractivity contribution in [3.8, 4) is 0 Å². The summed E-state index contributed by atoms with van der Waals surface area (Å²) in [6, 6.07) is -15.8. The first-order valence-electron chi connectivity index (χ1n) is 7.01. The van der Waals surface area contributed by atoms with Crippen LogP contribution in [-0.2, 0) is 0 Å². The van der Waals surface area contributed by atoms with Crippen LogP contribution < -0.4 is 0 Å². The van der Waals surface area contributed by atoms with E-state index in [1.807, 2.05) is 0 Å². The molecule has 1 saturated carbocycles. The number of halogens is 19. The molecule has 2 atom stereocenters. The molecule has 2 unspecified atom stereocenters. The third-order valence-electron chi connectivity index (χ3n) is 5.45. The summed E-state index contributed by atoms with van der Waals surface area (Å²) in [5, 5.41) is 0. The van der Waals surface area contributed by atoms with Crippen LogP contribution in [0, 0.1) is 0 Å². The predicted octanol–water partition coefficient (Wildman–Crippen LogP) is 5.41. The highest BCUT2D eigenvalue weighted by molar-refractivity contribution is 5.45. The fourth-order valence-corrected chi connectivity index (χ4v) is 3.87. The molecule has 0 amide bonds. The molecule has 4 fully saturated rings. The molecule has 1 aliphatic carbocycles. The average Bonchev–Trinajstić information content (AvgIpc) is 2.55. The number of alkyl halides is 19. The van der Waals surface area contributed by atoms with Crippen LogP contribution in [-0.4, -0.2) is 69.7 Å². The summed E-state index contributed by atoms with van der Waals surface area (Å²) in [5.74, 6) is -57.8. The summed E-state index contributed by atoms with van der Waals surface area (Å²) in [7, 11) is 0. The lowest BCUT2D eigenvalue weighted by atomic mass is 9.53. The van der Waals surface area contributed by atoms with E-state index >= 15 is 0 Å². The minimum atomic E-state index is -8.64. The number of fused-ring (bicyclic) bond motifs is 2. The van der Waals surface area contributed by atoms with Gasteiger partial charge in [0.05, 0.1) is 0 Å². The number of hydrogen-bond donors (Lipinski definition) is 0. The van der Waals surface area contributed by atoms with Gasteiger partial charge in [-0.15, -0.1) is 4.90 Å². The lowest BCUT2D eigenvalue weighted by Gasteiger charge is -2.72. The summed E-state index contributed by atoms with van der Waals surface area (Å²) >= 11 is 0. The zero-order valence-corrected chi connectivity index (χ0v) is 13.1. The van der Waals surface area contributed by atoms with Gasteiger partial charge in [-0.1, -0.05) is 0 Å². The molecule has 182 valence electrons. The number of hydrogen-bond acceptors (Lipinski definition) is 1. The molecule has 4 aliphatic rings. The van der Waals surface area contributed by atoms with Crippen molar-refractivity contribution in [3.05, 3.63) is 0 Å². The summed E-state index contributed by atoms with van der Waals surface area (Å²) in [5.41, 5.74) is -17.2. The average molecular weight is 507 g/mol. The van der Waals surface area contributed by atoms with Crippen LogP contribution in [0.25, 0.3) is 0 Å². The first-order chi connectivity index (χ1) is 13.1. The molecule has 3 aliphatic heterocycles. The molecule has 0 aromatic rings. The molecule has 1 nitrogen and oxygen atoms in total. The van der Waals surface area contributed by atoms with E-state index in [-0.39, 0.29) is 0 Å². The number of piperidine rings is 3. The van der Waals surface area contributed by atoms with E-state index < -0.39 is 69.7 Å². The topological polar surface area (TPSA) is 3.24 Å². The van der Waals surface area contributed by atoms with Crippen molar-refractivity contribution in [1.82, 2.24) is 4.90 Å².